The maximum atomic E-state index is 12.7. The highest BCUT2D eigenvalue weighted by molar-refractivity contribution is 5.85. The zero-order valence-corrected chi connectivity index (χ0v) is 13.8. The first-order chi connectivity index (χ1) is 11.7. The summed E-state index contributed by atoms with van der Waals surface area (Å²) in [5, 5.41) is 12.4. The van der Waals surface area contributed by atoms with Crippen LogP contribution in [0.25, 0.3) is 0 Å². The summed E-state index contributed by atoms with van der Waals surface area (Å²) in [6, 6.07) is 9.79. The smallest absolute Gasteiger partial charge is 0.308 e. The average molecular weight is 331 g/mol. The first-order valence-corrected chi connectivity index (χ1v) is 8.80. The molecule has 2 unspecified atom stereocenters. The van der Waals surface area contributed by atoms with Gasteiger partial charge in [0.1, 0.15) is 0 Å². The Morgan fingerprint density at radius 3 is 2.33 bits per heavy atom. The summed E-state index contributed by atoms with van der Waals surface area (Å²) >= 11 is 0. The second-order valence-corrected chi connectivity index (χ2v) is 6.87. The number of carbonyl (C=O) groups excluding carboxylic acids is 1. The van der Waals surface area contributed by atoms with Crippen molar-refractivity contribution < 1.29 is 19.4 Å². The number of amides is 1. The fourth-order valence-electron chi connectivity index (χ4n) is 3.62. The van der Waals surface area contributed by atoms with Gasteiger partial charge < -0.3 is 15.2 Å². The van der Waals surface area contributed by atoms with E-state index in [0.717, 1.165) is 31.2 Å². The van der Waals surface area contributed by atoms with Gasteiger partial charge in [-0.25, -0.2) is 0 Å². The van der Waals surface area contributed by atoms with Gasteiger partial charge in [-0.2, -0.15) is 0 Å². The minimum absolute atomic E-state index is 0.0398. The second kappa shape index (κ2) is 7.79. The molecule has 1 saturated heterocycles. The molecule has 0 bridgehead atoms. The zero-order chi connectivity index (χ0) is 16.9. The standard InChI is InChI=1S/C19H25NO4/c21-18(17(15-6-7-15)14-4-2-1-3-5-14)20-12-16(19(22)23)13-8-10-24-11-9-13/h1-5,13,15-17H,6-12H2,(H,20,21)(H,22,23). The van der Waals surface area contributed by atoms with E-state index in [-0.39, 0.29) is 24.3 Å². The molecule has 3 rings (SSSR count). The lowest BCUT2D eigenvalue weighted by molar-refractivity contribution is -0.145. The highest BCUT2D eigenvalue weighted by Crippen LogP contribution is 2.42. The lowest BCUT2D eigenvalue weighted by Gasteiger charge is -2.28. The van der Waals surface area contributed by atoms with E-state index in [0.29, 0.717) is 19.1 Å². The number of ether oxygens (including phenoxy) is 1. The van der Waals surface area contributed by atoms with Crippen LogP contribution in [0.4, 0.5) is 0 Å². The Bertz CT molecular complexity index is 564. The molecule has 2 fully saturated rings. The molecular weight excluding hydrogens is 306 g/mol. The van der Waals surface area contributed by atoms with Crippen LogP contribution in [0.3, 0.4) is 0 Å². The van der Waals surface area contributed by atoms with E-state index in [1.54, 1.807) is 0 Å². The molecule has 1 aliphatic heterocycles. The number of carbonyl (C=O) groups is 2. The Kier molecular flexibility index (Phi) is 5.51. The van der Waals surface area contributed by atoms with Crippen molar-refractivity contribution in [1.82, 2.24) is 5.32 Å². The van der Waals surface area contributed by atoms with Crippen molar-refractivity contribution in [2.45, 2.75) is 31.6 Å². The van der Waals surface area contributed by atoms with Crippen LogP contribution in [-0.2, 0) is 14.3 Å². The van der Waals surface area contributed by atoms with E-state index in [2.05, 4.69) is 5.32 Å². The van der Waals surface area contributed by atoms with Gasteiger partial charge in [0, 0.05) is 19.8 Å². The number of benzene rings is 1. The number of carboxylic acid groups (broad SMARTS) is 1. The van der Waals surface area contributed by atoms with Crippen LogP contribution in [0.15, 0.2) is 30.3 Å². The molecule has 24 heavy (non-hydrogen) atoms. The van der Waals surface area contributed by atoms with Crippen molar-refractivity contribution in [3.63, 3.8) is 0 Å². The predicted octanol–water partition coefficient (Wildman–Crippen LogP) is 2.42. The lowest BCUT2D eigenvalue weighted by atomic mass is 9.85. The third kappa shape index (κ3) is 4.15. The van der Waals surface area contributed by atoms with Crippen LogP contribution >= 0.6 is 0 Å². The highest BCUT2D eigenvalue weighted by Gasteiger charge is 2.38. The van der Waals surface area contributed by atoms with E-state index < -0.39 is 11.9 Å². The maximum absolute atomic E-state index is 12.7. The van der Waals surface area contributed by atoms with E-state index in [9.17, 15) is 14.7 Å². The third-order valence-corrected chi connectivity index (χ3v) is 5.18. The van der Waals surface area contributed by atoms with Gasteiger partial charge in [0.15, 0.2) is 0 Å². The summed E-state index contributed by atoms with van der Waals surface area (Å²) in [4.78, 5) is 24.3. The van der Waals surface area contributed by atoms with Crippen LogP contribution in [0.1, 0.15) is 37.2 Å². The van der Waals surface area contributed by atoms with Gasteiger partial charge in [0.25, 0.3) is 0 Å². The normalized spacial score (nSPS) is 21.0. The number of hydrogen-bond acceptors (Lipinski definition) is 3. The molecule has 2 aliphatic rings. The van der Waals surface area contributed by atoms with Crippen molar-refractivity contribution in [2.75, 3.05) is 19.8 Å². The zero-order valence-electron chi connectivity index (χ0n) is 13.8. The van der Waals surface area contributed by atoms with Gasteiger partial charge in [0.2, 0.25) is 5.91 Å². The van der Waals surface area contributed by atoms with Gasteiger partial charge in [-0.05, 0) is 43.1 Å². The maximum Gasteiger partial charge on any atom is 0.308 e. The molecule has 0 aromatic heterocycles. The summed E-state index contributed by atoms with van der Waals surface area (Å²) in [5.41, 5.74) is 1.02. The molecule has 1 aliphatic carbocycles. The molecule has 2 N–H and O–H groups in total. The lowest BCUT2D eigenvalue weighted by Crippen LogP contribution is -2.40. The molecule has 0 spiro atoms. The average Bonchev–Trinajstić information content (AvgIpc) is 3.42. The summed E-state index contributed by atoms with van der Waals surface area (Å²) in [6.07, 6.45) is 3.62. The van der Waals surface area contributed by atoms with E-state index in [1.807, 2.05) is 30.3 Å². The Balaban J connectivity index is 1.62. The summed E-state index contributed by atoms with van der Waals surface area (Å²) in [6.45, 7) is 1.42. The number of hydrogen-bond donors (Lipinski definition) is 2. The molecule has 1 saturated carbocycles. The van der Waals surface area contributed by atoms with Crippen molar-refractivity contribution in [3.05, 3.63) is 35.9 Å². The fourth-order valence-corrected chi connectivity index (χ4v) is 3.62. The van der Waals surface area contributed by atoms with Gasteiger partial charge in [-0.1, -0.05) is 30.3 Å². The number of nitrogens with one attached hydrogen (secondary N) is 1. The van der Waals surface area contributed by atoms with Crippen molar-refractivity contribution in [1.29, 1.82) is 0 Å². The van der Waals surface area contributed by atoms with Crippen molar-refractivity contribution in [3.8, 4) is 0 Å². The molecule has 2 atom stereocenters. The Morgan fingerprint density at radius 2 is 1.75 bits per heavy atom. The largest absolute Gasteiger partial charge is 0.481 e. The molecule has 1 heterocycles. The minimum Gasteiger partial charge on any atom is -0.481 e. The van der Waals surface area contributed by atoms with E-state index in [4.69, 9.17) is 4.74 Å². The number of aliphatic carboxylic acids is 1. The first-order valence-electron chi connectivity index (χ1n) is 8.80. The van der Waals surface area contributed by atoms with Crippen LogP contribution in [0.5, 0.6) is 0 Å². The second-order valence-electron chi connectivity index (χ2n) is 6.87. The van der Waals surface area contributed by atoms with Crippen LogP contribution in [-0.4, -0.2) is 36.7 Å². The molecule has 130 valence electrons. The van der Waals surface area contributed by atoms with Crippen molar-refractivity contribution >= 4 is 11.9 Å². The topological polar surface area (TPSA) is 75.6 Å². The molecule has 0 radical (unpaired) electrons. The summed E-state index contributed by atoms with van der Waals surface area (Å²) in [5.74, 6) is -1.10. The molecular formula is C19H25NO4. The van der Waals surface area contributed by atoms with Gasteiger partial charge >= 0.3 is 5.97 Å². The van der Waals surface area contributed by atoms with Gasteiger partial charge in [0.05, 0.1) is 11.8 Å². The highest BCUT2D eigenvalue weighted by atomic mass is 16.5. The Morgan fingerprint density at radius 1 is 1.08 bits per heavy atom. The number of carboxylic acids is 1. The molecule has 5 nitrogen and oxygen atoms in total. The SMILES string of the molecule is O=C(O)C(CNC(=O)C(c1ccccc1)C1CC1)C1CCOCC1. The Labute approximate surface area is 142 Å². The molecule has 1 aromatic rings. The van der Waals surface area contributed by atoms with Crippen LogP contribution in [0, 0.1) is 17.8 Å². The monoisotopic (exact) mass is 331 g/mol. The fraction of sp³-hybridized carbons (Fsp3) is 0.579. The first kappa shape index (κ1) is 17.0. The molecule has 1 amide bonds. The van der Waals surface area contributed by atoms with E-state index >= 15 is 0 Å². The van der Waals surface area contributed by atoms with Crippen molar-refractivity contribution in [2.24, 2.45) is 17.8 Å². The minimum atomic E-state index is -0.829. The van der Waals surface area contributed by atoms with Gasteiger partial charge in [-0.3, -0.25) is 9.59 Å². The molecule has 1 aromatic carbocycles. The molecule has 5 heteroatoms. The quantitative estimate of drug-likeness (QED) is 0.804. The van der Waals surface area contributed by atoms with E-state index in [1.165, 1.54) is 0 Å². The third-order valence-electron chi connectivity index (χ3n) is 5.18. The summed E-state index contributed by atoms with van der Waals surface area (Å²) in [7, 11) is 0. The van der Waals surface area contributed by atoms with Crippen LogP contribution in [0.2, 0.25) is 0 Å². The summed E-state index contributed by atoms with van der Waals surface area (Å²) < 4.78 is 5.31. The Hall–Kier alpha value is -1.88. The predicted molar refractivity (Wildman–Crippen MR) is 89.6 cm³/mol. The van der Waals surface area contributed by atoms with Crippen LogP contribution < -0.4 is 5.32 Å². The van der Waals surface area contributed by atoms with Gasteiger partial charge in [-0.15, -0.1) is 0 Å². The number of rotatable bonds is 7.